The van der Waals surface area contributed by atoms with Crippen LogP contribution in [-0.4, -0.2) is 29.5 Å². The number of anilines is 1. The zero-order valence-corrected chi connectivity index (χ0v) is 13.9. The Kier molecular flexibility index (Phi) is 4.14. The van der Waals surface area contributed by atoms with Crippen molar-refractivity contribution in [3.8, 4) is 28.7 Å². The predicted octanol–water partition coefficient (Wildman–Crippen LogP) is 2.79. The van der Waals surface area contributed by atoms with Crippen LogP contribution >= 0.6 is 0 Å². The van der Waals surface area contributed by atoms with Crippen molar-refractivity contribution in [1.29, 1.82) is 0 Å². The molecule has 0 bridgehead atoms. The van der Waals surface area contributed by atoms with E-state index in [1.165, 1.54) is 0 Å². The summed E-state index contributed by atoms with van der Waals surface area (Å²) in [5.41, 5.74) is 1.61. The summed E-state index contributed by atoms with van der Waals surface area (Å²) < 4.78 is 21.5. The van der Waals surface area contributed by atoms with Gasteiger partial charge < -0.3 is 18.6 Å². The van der Waals surface area contributed by atoms with Crippen LogP contribution in [0.4, 0.5) is 6.01 Å². The maximum absolute atomic E-state index is 12.0. The topological polar surface area (TPSA) is 95.7 Å². The quantitative estimate of drug-likeness (QED) is 0.753. The molecular formula is C18H15N3O5. The van der Waals surface area contributed by atoms with E-state index in [1.807, 2.05) is 25.1 Å². The van der Waals surface area contributed by atoms with Gasteiger partial charge in [-0.05, 0) is 36.8 Å². The molecule has 1 amide bonds. The van der Waals surface area contributed by atoms with Crippen molar-refractivity contribution in [1.82, 2.24) is 10.2 Å². The number of rotatable bonds is 5. The molecule has 1 aliphatic heterocycles. The Balaban J connectivity index is 1.39. The number of nitrogens with zero attached hydrogens (tertiary/aromatic N) is 2. The number of para-hydroxylation sites is 1. The van der Waals surface area contributed by atoms with Gasteiger partial charge in [0.25, 0.3) is 5.91 Å². The average molecular weight is 353 g/mol. The maximum atomic E-state index is 12.0. The first-order valence-electron chi connectivity index (χ1n) is 7.91. The van der Waals surface area contributed by atoms with Crippen LogP contribution in [-0.2, 0) is 4.79 Å². The molecule has 1 aliphatic rings. The molecule has 2 heterocycles. The maximum Gasteiger partial charge on any atom is 0.322 e. The largest absolute Gasteiger partial charge is 0.483 e. The van der Waals surface area contributed by atoms with Gasteiger partial charge in [0.1, 0.15) is 5.75 Å². The summed E-state index contributed by atoms with van der Waals surface area (Å²) in [6, 6.07) is 12.7. The molecule has 8 nitrogen and oxygen atoms in total. The van der Waals surface area contributed by atoms with Crippen LogP contribution in [0.5, 0.6) is 17.2 Å². The summed E-state index contributed by atoms with van der Waals surface area (Å²) in [6.45, 7) is 1.93. The minimum atomic E-state index is -0.394. The third-order valence-electron chi connectivity index (χ3n) is 3.74. The highest BCUT2D eigenvalue weighted by molar-refractivity contribution is 5.89. The molecular weight excluding hydrogens is 338 g/mol. The van der Waals surface area contributed by atoms with Gasteiger partial charge in [0.2, 0.25) is 12.7 Å². The number of nitrogens with one attached hydrogen (secondary N) is 1. The Labute approximate surface area is 148 Å². The van der Waals surface area contributed by atoms with E-state index in [1.54, 1.807) is 24.3 Å². The number of carbonyl (C=O) groups excluding carboxylic acids is 1. The van der Waals surface area contributed by atoms with Crippen molar-refractivity contribution >= 4 is 11.9 Å². The van der Waals surface area contributed by atoms with Gasteiger partial charge in [-0.15, -0.1) is 5.10 Å². The molecule has 8 heteroatoms. The lowest BCUT2D eigenvalue weighted by atomic mass is 10.2. The lowest BCUT2D eigenvalue weighted by Crippen LogP contribution is -2.20. The van der Waals surface area contributed by atoms with E-state index < -0.39 is 5.91 Å². The van der Waals surface area contributed by atoms with E-state index >= 15 is 0 Å². The summed E-state index contributed by atoms with van der Waals surface area (Å²) in [5.74, 6) is 1.79. The van der Waals surface area contributed by atoms with Crippen molar-refractivity contribution in [2.45, 2.75) is 6.92 Å². The second kappa shape index (κ2) is 6.75. The number of hydrogen-bond acceptors (Lipinski definition) is 7. The van der Waals surface area contributed by atoms with Crippen molar-refractivity contribution in [2.24, 2.45) is 0 Å². The Morgan fingerprint density at radius 3 is 2.88 bits per heavy atom. The van der Waals surface area contributed by atoms with Gasteiger partial charge in [0.15, 0.2) is 18.1 Å². The van der Waals surface area contributed by atoms with Crippen LogP contribution in [0.3, 0.4) is 0 Å². The second-order valence-electron chi connectivity index (χ2n) is 5.58. The molecule has 0 saturated carbocycles. The Bertz CT molecular complexity index is 954. The fourth-order valence-corrected chi connectivity index (χ4v) is 2.44. The molecule has 0 spiro atoms. The summed E-state index contributed by atoms with van der Waals surface area (Å²) in [6.07, 6.45) is 0. The van der Waals surface area contributed by atoms with Crippen LogP contribution in [0.25, 0.3) is 11.5 Å². The van der Waals surface area contributed by atoms with Crippen LogP contribution < -0.4 is 19.5 Å². The first-order chi connectivity index (χ1) is 12.7. The summed E-state index contributed by atoms with van der Waals surface area (Å²) in [5, 5.41) is 10.3. The van der Waals surface area contributed by atoms with Gasteiger partial charge in [0, 0.05) is 5.56 Å². The number of carbonyl (C=O) groups is 1. The lowest BCUT2D eigenvalue weighted by Gasteiger charge is -2.07. The molecule has 0 saturated heterocycles. The van der Waals surface area contributed by atoms with Crippen molar-refractivity contribution in [2.75, 3.05) is 18.7 Å². The van der Waals surface area contributed by atoms with E-state index in [9.17, 15) is 4.79 Å². The average Bonchev–Trinajstić information content (AvgIpc) is 3.29. The number of aryl methyl sites for hydroxylation is 1. The van der Waals surface area contributed by atoms with Gasteiger partial charge in [0.05, 0.1) is 0 Å². The van der Waals surface area contributed by atoms with Gasteiger partial charge in [-0.25, -0.2) is 0 Å². The van der Waals surface area contributed by atoms with Gasteiger partial charge in [-0.1, -0.05) is 23.3 Å². The first kappa shape index (κ1) is 15.9. The molecule has 4 rings (SSSR count). The van der Waals surface area contributed by atoms with Gasteiger partial charge in [-0.3, -0.25) is 10.1 Å². The fourth-order valence-electron chi connectivity index (χ4n) is 2.44. The van der Waals surface area contributed by atoms with E-state index in [-0.39, 0.29) is 25.3 Å². The summed E-state index contributed by atoms with van der Waals surface area (Å²) in [7, 11) is 0. The van der Waals surface area contributed by atoms with Crippen LogP contribution in [0, 0.1) is 6.92 Å². The molecule has 0 radical (unpaired) electrons. The molecule has 132 valence electrons. The summed E-state index contributed by atoms with van der Waals surface area (Å²) >= 11 is 0. The van der Waals surface area contributed by atoms with Crippen LogP contribution in [0.15, 0.2) is 46.9 Å². The molecule has 0 fully saturated rings. The van der Waals surface area contributed by atoms with Crippen LogP contribution in [0.1, 0.15) is 5.56 Å². The number of fused-ring (bicyclic) bond motifs is 1. The van der Waals surface area contributed by atoms with Crippen molar-refractivity contribution < 1.29 is 23.4 Å². The van der Waals surface area contributed by atoms with Crippen LogP contribution in [0.2, 0.25) is 0 Å². The lowest BCUT2D eigenvalue weighted by molar-refractivity contribution is -0.118. The highest BCUT2D eigenvalue weighted by Crippen LogP contribution is 2.35. The molecule has 26 heavy (non-hydrogen) atoms. The van der Waals surface area contributed by atoms with Crippen molar-refractivity contribution in [3.05, 3.63) is 48.0 Å². The standard InChI is InChI=1S/C18H15N3O5/c1-11-4-2-3-5-13(11)23-9-16(22)19-18-21-20-17(26-18)12-6-7-14-15(8-12)25-10-24-14/h2-8H,9-10H2,1H3,(H,19,21,22). The molecule has 1 aromatic heterocycles. The number of aromatic nitrogens is 2. The normalized spacial score (nSPS) is 12.0. The SMILES string of the molecule is Cc1ccccc1OCC(=O)Nc1nnc(-c2ccc3c(c2)OCO3)o1. The molecule has 0 unspecified atom stereocenters. The number of benzene rings is 2. The Morgan fingerprint density at radius 2 is 2.00 bits per heavy atom. The van der Waals surface area contributed by atoms with Gasteiger partial charge in [-0.2, -0.15) is 0 Å². The van der Waals surface area contributed by atoms with Crippen molar-refractivity contribution in [3.63, 3.8) is 0 Å². The third kappa shape index (κ3) is 3.30. The van der Waals surface area contributed by atoms with E-state index in [0.29, 0.717) is 22.8 Å². The highest BCUT2D eigenvalue weighted by atomic mass is 16.7. The molecule has 2 aromatic carbocycles. The highest BCUT2D eigenvalue weighted by Gasteiger charge is 2.17. The third-order valence-corrected chi connectivity index (χ3v) is 3.74. The number of ether oxygens (including phenoxy) is 3. The minimum absolute atomic E-state index is 0.00366. The zero-order chi connectivity index (χ0) is 17.9. The zero-order valence-electron chi connectivity index (χ0n) is 13.9. The molecule has 0 atom stereocenters. The summed E-state index contributed by atoms with van der Waals surface area (Å²) in [4.78, 5) is 12.0. The first-order valence-corrected chi connectivity index (χ1v) is 7.91. The Hall–Kier alpha value is -3.55. The predicted molar refractivity (Wildman–Crippen MR) is 91.2 cm³/mol. The molecule has 3 aromatic rings. The van der Waals surface area contributed by atoms with E-state index in [0.717, 1.165) is 5.56 Å². The van der Waals surface area contributed by atoms with E-state index in [4.69, 9.17) is 18.6 Å². The molecule has 0 aliphatic carbocycles. The number of amides is 1. The van der Waals surface area contributed by atoms with Gasteiger partial charge >= 0.3 is 6.01 Å². The Morgan fingerprint density at radius 1 is 1.15 bits per heavy atom. The van der Waals surface area contributed by atoms with E-state index in [2.05, 4.69) is 15.5 Å². The fraction of sp³-hybridized carbons (Fsp3) is 0.167. The molecule has 1 N–H and O–H groups in total. The second-order valence-corrected chi connectivity index (χ2v) is 5.58. The minimum Gasteiger partial charge on any atom is -0.483 e. The smallest absolute Gasteiger partial charge is 0.322 e. The monoisotopic (exact) mass is 353 g/mol. The number of hydrogen-bond donors (Lipinski definition) is 1.